The van der Waals surface area contributed by atoms with Crippen LogP contribution >= 0.6 is 24.0 Å². The number of nitrogens with zero attached hydrogens (tertiary/aromatic N) is 4. The summed E-state index contributed by atoms with van der Waals surface area (Å²) in [7, 11) is 3.48. The highest BCUT2D eigenvalue weighted by atomic mass is 127. The van der Waals surface area contributed by atoms with Gasteiger partial charge in [-0.1, -0.05) is 36.4 Å². The molecular formula is C20H28IN5O. The zero-order valence-electron chi connectivity index (χ0n) is 16.0. The number of hydrogen-bond acceptors (Lipinski definition) is 4. The number of halogens is 1. The minimum Gasteiger partial charge on any atom is -0.481 e. The standard InChI is InChI=1S/C20H27N5O.HI/c1-21-20(23-15-18-9-6-10-22-19(18)26-2)25-13-11-24(12-14-25)16-17-7-4-3-5-8-17;/h3-10H,11-16H2,1-2H3,(H,21,23);1H. The van der Waals surface area contributed by atoms with E-state index >= 15 is 0 Å². The van der Waals surface area contributed by atoms with Crippen LogP contribution in [-0.2, 0) is 13.1 Å². The van der Waals surface area contributed by atoms with E-state index in [4.69, 9.17) is 4.74 Å². The van der Waals surface area contributed by atoms with Crippen molar-refractivity contribution in [2.45, 2.75) is 13.1 Å². The Balaban J connectivity index is 0.00000261. The summed E-state index contributed by atoms with van der Waals surface area (Å²) < 4.78 is 5.32. The fraction of sp³-hybridized carbons (Fsp3) is 0.400. The van der Waals surface area contributed by atoms with Crippen molar-refractivity contribution in [2.75, 3.05) is 40.3 Å². The Morgan fingerprint density at radius 3 is 2.52 bits per heavy atom. The van der Waals surface area contributed by atoms with Crippen molar-refractivity contribution in [2.24, 2.45) is 4.99 Å². The number of hydrogen-bond donors (Lipinski definition) is 1. The molecule has 1 fully saturated rings. The predicted octanol–water partition coefficient (Wildman–Crippen LogP) is 2.60. The molecule has 0 bridgehead atoms. The molecule has 1 aromatic carbocycles. The molecule has 1 N–H and O–H groups in total. The van der Waals surface area contributed by atoms with Gasteiger partial charge in [-0.05, 0) is 11.6 Å². The van der Waals surface area contributed by atoms with Crippen LogP contribution in [0.1, 0.15) is 11.1 Å². The molecule has 1 aliphatic rings. The Morgan fingerprint density at radius 1 is 1.11 bits per heavy atom. The lowest BCUT2D eigenvalue weighted by Crippen LogP contribution is -2.52. The lowest BCUT2D eigenvalue weighted by Gasteiger charge is -2.36. The summed E-state index contributed by atoms with van der Waals surface area (Å²) in [6.45, 7) is 5.66. The summed E-state index contributed by atoms with van der Waals surface area (Å²) >= 11 is 0. The van der Waals surface area contributed by atoms with Crippen molar-refractivity contribution in [1.29, 1.82) is 0 Å². The number of ether oxygens (including phenoxy) is 1. The van der Waals surface area contributed by atoms with Crippen molar-refractivity contribution in [3.63, 3.8) is 0 Å². The second kappa shape index (κ2) is 11.1. The first-order valence-electron chi connectivity index (χ1n) is 9.00. The Hall–Kier alpha value is -1.87. The van der Waals surface area contributed by atoms with E-state index in [0.29, 0.717) is 12.4 Å². The van der Waals surface area contributed by atoms with Crippen LogP contribution in [0.2, 0.25) is 0 Å². The SMILES string of the molecule is CN=C(NCc1cccnc1OC)N1CCN(Cc2ccccc2)CC1.I. The molecule has 7 heteroatoms. The van der Waals surface area contributed by atoms with Crippen molar-refractivity contribution >= 4 is 29.9 Å². The zero-order valence-corrected chi connectivity index (χ0v) is 18.3. The summed E-state index contributed by atoms with van der Waals surface area (Å²) in [6.07, 6.45) is 1.74. The molecule has 6 nitrogen and oxygen atoms in total. The maximum atomic E-state index is 5.32. The van der Waals surface area contributed by atoms with Crippen molar-refractivity contribution < 1.29 is 4.74 Å². The molecule has 0 unspecified atom stereocenters. The lowest BCUT2D eigenvalue weighted by atomic mass is 10.2. The first-order valence-corrected chi connectivity index (χ1v) is 9.00. The van der Waals surface area contributed by atoms with Crippen LogP contribution < -0.4 is 10.1 Å². The van der Waals surface area contributed by atoms with E-state index in [-0.39, 0.29) is 24.0 Å². The van der Waals surface area contributed by atoms with Gasteiger partial charge in [-0.15, -0.1) is 24.0 Å². The number of benzene rings is 1. The monoisotopic (exact) mass is 481 g/mol. The highest BCUT2D eigenvalue weighted by molar-refractivity contribution is 14.0. The Morgan fingerprint density at radius 2 is 1.85 bits per heavy atom. The third-order valence-corrected chi connectivity index (χ3v) is 4.61. The molecule has 0 atom stereocenters. The van der Waals surface area contributed by atoms with Gasteiger partial charge in [0.15, 0.2) is 5.96 Å². The topological polar surface area (TPSA) is 53.0 Å². The summed E-state index contributed by atoms with van der Waals surface area (Å²) in [5.74, 6) is 1.58. The molecule has 0 saturated carbocycles. The molecule has 146 valence electrons. The van der Waals surface area contributed by atoms with E-state index < -0.39 is 0 Å². The van der Waals surface area contributed by atoms with Crippen LogP contribution in [0.4, 0.5) is 0 Å². The third-order valence-electron chi connectivity index (χ3n) is 4.61. The second-order valence-electron chi connectivity index (χ2n) is 6.32. The van der Waals surface area contributed by atoms with Gasteiger partial charge >= 0.3 is 0 Å². The van der Waals surface area contributed by atoms with Crippen LogP contribution in [-0.4, -0.2) is 61.1 Å². The maximum Gasteiger partial charge on any atom is 0.218 e. The van der Waals surface area contributed by atoms with E-state index in [9.17, 15) is 0 Å². The number of aliphatic imine (C=N–C) groups is 1. The fourth-order valence-electron chi connectivity index (χ4n) is 3.21. The molecule has 2 heterocycles. The summed E-state index contributed by atoms with van der Waals surface area (Å²) in [4.78, 5) is 13.5. The Bertz CT molecular complexity index is 717. The van der Waals surface area contributed by atoms with E-state index in [0.717, 1.165) is 44.2 Å². The summed E-state index contributed by atoms with van der Waals surface area (Å²) in [5.41, 5.74) is 2.39. The molecule has 0 aliphatic carbocycles. The number of guanidine groups is 1. The van der Waals surface area contributed by atoms with Gasteiger partial charge in [0.2, 0.25) is 5.88 Å². The molecule has 1 aromatic heterocycles. The summed E-state index contributed by atoms with van der Waals surface area (Å²) in [5, 5.41) is 3.43. The highest BCUT2D eigenvalue weighted by Gasteiger charge is 2.19. The van der Waals surface area contributed by atoms with Crippen molar-refractivity contribution in [1.82, 2.24) is 20.1 Å². The van der Waals surface area contributed by atoms with Gasteiger partial charge in [0.1, 0.15) is 0 Å². The van der Waals surface area contributed by atoms with E-state index in [1.165, 1.54) is 5.56 Å². The molecule has 0 spiro atoms. The van der Waals surface area contributed by atoms with Gasteiger partial charge in [0.05, 0.1) is 7.11 Å². The average Bonchev–Trinajstić information content (AvgIpc) is 2.70. The number of methoxy groups -OCH3 is 1. The smallest absolute Gasteiger partial charge is 0.218 e. The first kappa shape index (κ1) is 21.4. The minimum absolute atomic E-state index is 0. The van der Waals surface area contributed by atoms with Gasteiger partial charge < -0.3 is 15.0 Å². The van der Waals surface area contributed by atoms with Crippen LogP contribution in [0.5, 0.6) is 5.88 Å². The van der Waals surface area contributed by atoms with Gasteiger partial charge in [0.25, 0.3) is 0 Å². The largest absolute Gasteiger partial charge is 0.481 e. The number of piperazine rings is 1. The number of aromatic nitrogens is 1. The molecule has 1 aliphatic heterocycles. The molecule has 1 saturated heterocycles. The van der Waals surface area contributed by atoms with E-state index in [1.807, 2.05) is 19.2 Å². The average molecular weight is 481 g/mol. The second-order valence-corrected chi connectivity index (χ2v) is 6.32. The Labute approximate surface area is 178 Å². The van der Waals surface area contributed by atoms with Gasteiger partial charge in [-0.25, -0.2) is 4.98 Å². The highest BCUT2D eigenvalue weighted by Crippen LogP contribution is 2.13. The zero-order chi connectivity index (χ0) is 18.2. The minimum atomic E-state index is 0. The number of nitrogens with one attached hydrogen (secondary N) is 1. The molecule has 0 radical (unpaired) electrons. The Kier molecular flexibility index (Phi) is 8.80. The van der Waals surface area contributed by atoms with Gasteiger partial charge in [0, 0.05) is 58.1 Å². The molecular weight excluding hydrogens is 453 g/mol. The molecule has 3 rings (SSSR count). The van der Waals surface area contributed by atoms with Gasteiger partial charge in [-0.2, -0.15) is 0 Å². The normalized spacial score (nSPS) is 15.2. The molecule has 2 aromatic rings. The van der Waals surface area contributed by atoms with Gasteiger partial charge in [-0.3, -0.25) is 9.89 Å². The van der Waals surface area contributed by atoms with E-state index in [2.05, 4.69) is 55.4 Å². The van der Waals surface area contributed by atoms with Crippen LogP contribution in [0.3, 0.4) is 0 Å². The van der Waals surface area contributed by atoms with Crippen LogP contribution in [0.15, 0.2) is 53.7 Å². The fourth-order valence-corrected chi connectivity index (χ4v) is 3.21. The first-order chi connectivity index (χ1) is 12.8. The maximum absolute atomic E-state index is 5.32. The number of rotatable bonds is 5. The van der Waals surface area contributed by atoms with E-state index in [1.54, 1.807) is 13.3 Å². The molecule has 0 amide bonds. The van der Waals surface area contributed by atoms with Crippen LogP contribution in [0.25, 0.3) is 0 Å². The third kappa shape index (κ3) is 6.07. The molecule has 27 heavy (non-hydrogen) atoms. The van der Waals surface area contributed by atoms with Crippen molar-refractivity contribution in [3.05, 3.63) is 59.8 Å². The lowest BCUT2D eigenvalue weighted by molar-refractivity contribution is 0.172. The van der Waals surface area contributed by atoms with Crippen molar-refractivity contribution in [3.8, 4) is 5.88 Å². The quantitative estimate of drug-likeness (QED) is 0.405. The summed E-state index contributed by atoms with van der Waals surface area (Å²) in [6, 6.07) is 14.6. The number of pyridine rings is 1. The van der Waals surface area contributed by atoms with Crippen LogP contribution in [0, 0.1) is 0 Å². The predicted molar refractivity (Wildman–Crippen MR) is 120 cm³/mol.